The lowest BCUT2D eigenvalue weighted by Crippen LogP contribution is -2.37. The normalized spacial score (nSPS) is 10.9. The number of pyridine rings is 1. The Bertz CT molecular complexity index is 1100. The number of anilines is 2. The Hall–Kier alpha value is -3.01. The fourth-order valence-electron chi connectivity index (χ4n) is 2.51. The van der Waals surface area contributed by atoms with Gasteiger partial charge in [0, 0.05) is 25.7 Å². The average molecular weight is 375 g/mol. The molecular formula is C16H17N5O4S. The van der Waals surface area contributed by atoms with E-state index in [1.807, 2.05) is 0 Å². The van der Waals surface area contributed by atoms with Crippen molar-refractivity contribution in [2.24, 2.45) is 14.1 Å². The quantitative estimate of drug-likeness (QED) is 0.661. The number of aromatic nitrogens is 4. The predicted octanol–water partition coefficient (Wildman–Crippen LogP) is 0.938. The number of ether oxygens (including phenoxy) is 1. The van der Waals surface area contributed by atoms with Crippen LogP contribution in [0.4, 0.5) is 10.8 Å². The Balaban J connectivity index is 1.98. The van der Waals surface area contributed by atoms with Crippen LogP contribution in [0.3, 0.4) is 0 Å². The molecule has 3 heterocycles. The number of carbonyl (C=O) groups excluding carboxylic acids is 1. The smallest absolute Gasteiger partial charge is 0.332 e. The van der Waals surface area contributed by atoms with Crippen LogP contribution in [0.25, 0.3) is 11.0 Å². The van der Waals surface area contributed by atoms with Gasteiger partial charge >= 0.3 is 11.7 Å². The van der Waals surface area contributed by atoms with Crippen LogP contribution in [0.1, 0.15) is 12.6 Å². The number of hydrogen-bond donors (Lipinski definition) is 1. The van der Waals surface area contributed by atoms with Gasteiger partial charge in [-0.25, -0.2) is 14.8 Å². The van der Waals surface area contributed by atoms with Crippen molar-refractivity contribution >= 4 is 39.2 Å². The van der Waals surface area contributed by atoms with Gasteiger partial charge in [0.15, 0.2) is 10.8 Å². The molecule has 10 heteroatoms. The van der Waals surface area contributed by atoms with Gasteiger partial charge in [-0.15, -0.1) is 11.3 Å². The minimum absolute atomic E-state index is 0.0827. The van der Waals surface area contributed by atoms with E-state index in [2.05, 4.69) is 15.3 Å². The first-order chi connectivity index (χ1) is 12.4. The van der Waals surface area contributed by atoms with E-state index in [4.69, 9.17) is 4.74 Å². The Labute approximate surface area is 151 Å². The van der Waals surface area contributed by atoms with Crippen molar-refractivity contribution in [3.63, 3.8) is 0 Å². The van der Waals surface area contributed by atoms with Gasteiger partial charge in [-0.2, -0.15) is 0 Å². The fraction of sp³-hybridized carbons (Fsp3) is 0.312. The third-order valence-corrected chi connectivity index (χ3v) is 4.57. The lowest BCUT2D eigenvalue weighted by molar-refractivity contribution is -0.142. The van der Waals surface area contributed by atoms with Crippen LogP contribution in [0.5, 0.6) is 0 Å². The van der Waals surface area contributed by atoms with Crippen LogP contribution in [0.15, 0.2) is 27.2 Å². The third kappa shape index (κ3) is 3.23. The van der Waals surface area contributed by atoms with E-state index in [9.17, 15) is 14.4 Å². The molecule has 0 amide bonds. The fourth-order valence-corrected chi connectivity index (χ4v) is 3.23. The number of hydrogen-bond acceptors (Lipinski definition) is 8. The van der Waals surface area contributed by atoms with Crippen molar-refractivity contribution < 1.29 is 9.53 Å². The number of esters is 1. The molecule has 0 aliphatic heterocycles. The molecule has 1 N–H and O–H groups in total. The molecular weight excluding hydrogens is 358 g/mol. The maximum Gasteiger partial charge on any atom is 0.332 e. The summed E-state index contributed by atoms with van der Waals surface area (Å²) < 4.78 is 7.25. The highest BCUT2D eigenvalue weighted by molar-refractivity contribution is 7.13. The molecule has 0 saturated carbocycles. The molecule has 136 valence electrons. The molecule has 3 aromatic rings. The monoisotopic (exact) mass is 375 g/mol. The number of nitrogens with zero attached hydrogens (tertiary/aromatic N) is 4. The van der Waals surface area contributed by atoms with Gasteiger partial charge in [-0.1, -0.05) is 0 Å². The van der Waals surface area contributed by atoms with Crippen LogP contribution in [-0.4, -0.2) is 31.7 Å². The number of nitrogens with one attached hydrogen (secondary N) is 1. The molecule has 0 aromatic carbocycles. The van der Waals surface area contributed by atoms with Crippen molar-refractivity contribution in [2.75, 3.05) is 11.9 Å². The van der Waals surface area contributed by atoms with Crippen molar-refractivity contribution in [3.8, 4) is 0 Å². The summed E-state index contributed by atoms with van der Waals surface area (Å²) in [6.45, 7) is 2.06. The third-order valence-electron chi connectivity index (χ3n) is 3.77. The zero-order chi connectivity index (χ0) is 18.8. The topological polar surface area (TPSA) is 108 Å². The Morgan fingerprint density at radius 3 is 2.81 bits per heavy atom. The lowest BCUT2D eigenvalue weighted by Gasteiger charge is -2.10. The molecule has 0 aliphatic rings. The molecule has 0 bridgehead atoms. The first-order valence-electron chi connectivity index (χ1n) is 7.84. The first-order valence-corrected chi connectivity index (χ1v) is 8.72. The first kappa shape index (κ1) is 17.8. The SMILES string of the molecule is CCOC(=O)Cc1csc(Nc2ccnc3c2c(=O)n(C)c(=O)n3C)n1. The van der Waals surface area contributed by atoms with Crippen molar-refractivity contribution in [2.45, 2.75) is 13.3 Å². The molecule has 3 aromatic heterocycles. The number of thiazole rings is 1. The van der Waals surface area contributed by atoms with Gasteiger partial charge in [-0.05, 0) is 13.0 Å². The molecule has 0 unspecified atom stereocenters. The van der Waals surface area contributed by atoms with Crippen LogP contribution in [0, 0.1) is 0 Å². The van der Waals surface area contributed by atoms with E-state index in [0.717, 1.165) is 4.57 Å². The van der Waals surface area contributed by atoms with Gasteiger partial charge in [0.1, 0.15) is 5.39 Å². The molecule has 0 spiro atoms. The molecule has 0 saturated heterocycles. The zero-order valence-corrected chi connectivity index (χ0v) is 15.3. The Morgan fingerprint density at radius 2 is 2.08 bits per heavy atom. The molecule has 3 rings (SSSR count). The van der Waals surface area contributed by atoms with E-state index in [0.29, 0.717) is 28.5 Å². The number of fused-ring (bicyclic) bond motifs is 1. The van der Waals surface area contributed by atoms with Gasteiger partial charge in [0.2, 0.25) is 0 Å². The van der Waals surface area contributed by atoms with E-state index in [1.54, 1.807) is 25.4 Å². The zero-order valence-electron chi connectivity index (χ0n) is 14.5. The predicted molar refractivity (Wildman–Crippen MR) is 98.0 cm³/mol. The highest BCUT2D eigenvalue weighted by atomic mass is 32.1. The molecule has 26 heavy (non-hydrogen) atoms. The van der Waals surface area contributed by atoms with E-state index in [-0.39, 0.29) is 18.0 Å². The van der Waals surface area contributed by atoms with E-state index in [1.165, 1.54) is 29.1 Å². The van der Waals surface area contributed by atoms with Crippen molar-refractivity contribution in [1.82, 2.24) is 19.1 Å². The summed E-state index contributed by atoms with van der Waals surface area (Å²) in [5.41, 5.74) is 0.462. The minimum Gasteiger partial charge on any atom is -0.466 e. The maximum atomic E-state index is 12.5. The highest BCUT2D eigenvalue weighted by Gasteiger charge is 2.15. The Morgan fingerprint density at radius 1 is 1.31 bits per heavy atom. The summed E-state index contributed by atoms with van der Waals surface area (Å²) in [5.74, 6) is -0.345. The van der Waals surface area contributed by atoms with Gasteiger partial charge < -0.3 is 10.1 Å². The van der Waals surface area contributed by atoms with Crippen LogP contribution >= 0.6 is 11.3 Å². The van der Waals surface area contributed by atoms with Crippen LogP contribution in [0.2, 0.25) is 0 Å². The Kier molecular flexibility index (Phi) is 4.85. The maximum absolute atomic E-state index is 12.5. The van der Waals surface area contributed by atoms with E-state index < -0.39 is 11.2 Å². The summed E-state index contributed by atoms with van der Waals surface area (Å²) in [4.78, 5) is 44.6. The highest BCUT2D eigenvalue weighted by Crippen LogP contribution is 2.24. The second-order valence-electron chi connectivity index (χ2n) is 5.51. The summed E-state index contributed by atoms with van der Waals surface area (Å²) in [6.07, 6.45) is 1.59. The summed E-state index contributed by atoms with van der Waals surface area (Å²) in [5, 5.41) is 5.63. The lowest BCUT2D eigenvalue weighted by atomic mass is 10.2. The molecule has 0 atom stereocenters. The molecule has 9 nitrogen and oxygen atoms in total. The van der Waals surface area contributed by atoms with Gasteiger partial charge in [0.25, 0.3) is 5.56 Å². The number of carbonyl (C=O) groups is 1. The van der Waals surface area contributed by atoms with Crippen molar-refractivity contribution in [1.29, 1.82) is 0 Å². The standard InChI is InChI=1S/C16H17N5O4S/c1-4-25-11(22)7-9-8-26-15(18-9)19-10-5-6-17-13-12(10)14(23)21(3)16(24)20(13)2/h5-6,8H,4,7H2,1-3H3,(H,17,18,19). The van der Waals surface area contributed by atoms with Crippen molar-refractivity contribution in [3.05, 3.63) is 44.2 Å². The number of rotatable bonds is 5. The van der Waals surface area contributed by atoms with Crippen LogP contribution < -0.4 is 16.6 Å². The second kappa shape index (κ2) is 7.08. The van der Waals surface area contributed by atoms with Gasteiger partial charge in [-0.3, -0.25) is 18.7 Å². The summed E-state index contributed by atoms with van der Waals surface area (Å²) >= 11 is 1.30. The molecule has 0 aliphatic carbocycles. The van der Waals surface area contributed by atoms with Crippen LogP contribution in [-0.2, 0) is 30.0 Å². The second-order valence-corrected chi connectivity index (χ2v) is 6.37. The average Bonchev–Trinajstić information content (AvgIpc) is 3.04. The summed E-state index contributed by atoms with van der Waals surface area (Å²) in [7, 11) is 2.98. The summed E-state index contributed by atoms with van der Waals surface area (Å²) in [6, 6.07) is 1.64. The van der Waals surface area contributed by atoms with Gasteiger partial charge in [0.05, 0.1) is 24.4 Å². The minimum atomic E-state index is -0.446. The number of aryl methyl sites for hydroxylation is 1. The molecule has 0 fully saturated rings. The van der Waals surface area contributed by atoms with E-state index >= 15 is 0 Å². The molecule has 0 radical (unpaired) electrons. The largest absolute Gasteiger partial charge is 0.466 e.